The van der Waals surface area contributed by atoms with Crippen molar-refractivity contribution in [1.29, 1.82) is 0 Å². The van der Waals surface area contributed by atoms with Gasteiger partial charge in [-0.15, -0.1) is 0 Å². The quantitative estimate of drug-likeness (QED) is 0.678. The predicted octanol–water partition coefficient (Wildman–Crippen LogP) is 0.298. The van der Waals surface area contributed by atoms with Gasteiger partial charge in [0.15, 0.2) is 0 Å². The third kappa shape index (κ3) is 2.14. The Morgan fingerprint density at radius 1 is 1.75 bits per heavy atom. The number of carbonyl (C=O) groups is 1. The summed E-state index contributed by atoms with van der Waals surface area (Å²) in [7, 11) is 1.85. The van der Waals surface area contributed by atoms with Crippen LogP contribution in [0.5, 0.6) is 0 Å². The Balaban J connectivity index is 2.45. The zero-order valence-corrected chi connectivity index (χ0v) is 8.43. The Morgan fingerprint density at radius 2 is 2.42 bits per heavy atom. The van der Waals surface area contributed by atoms with E-state index >= 15 is 0 Å². The number of nitrogens with two attached hydrogens (primary N) is 1. The van der Waals surface area contributed by atoms with Crippen molar-refractivity contribution in [1.82, 2.24) is 4.90 Å². The second-order valence-electron chi connectivity index (χ2n) is 3.26. The van der Waals surface area contributed by atoms with E-state index in [4.69, 9.17) is 5.73 Å². The first-order chi connectivity index (χ1) is 5.63. The largest absolute Gasteiger partial charge is 0.341 e. The number of thioether (sulfide) groups is 1. The zero-order valence-electron chi connectivity index (χ0n) is 7.62. The highest BCUT2D eigenvalue weighted by molar-refractivity contribution is 7.99. The molecule has 1 heterocycles. The predicted molar refractivity (Wildman–Crippen MR) is 52.1 cm³/mol. The molecule has 0 aliphatic carbocycles. The monoisotopic (exact) mass is 188 g/mol. The molecule has 4 heteroatoms. The van der Waals surface area contributed by atoms with Gasteiger partial charge in [0.05, 0.1) is 6.04 Å². The minimum absolute atomic E-state index is 0.0579. The van der Waals surface area contributed by atoms with Crippen molar-refractivity contribution in [3.05, 3.63) is 0 Å². The first-order valence-corrected chi connectivity index (χ1v) is 5.38. The first kappa shape index (κ1) is 9.86. The number of nitrogens with zero attached hydrogens (tertiary/aromatic N) is 1. The van der Waals surface area contributed by atoms with E-state index < -0.39 is 0 Å². The Hall–Kier alpha value is -0.220. The van der Waals surface area contributed by atoms with E-state index in [1.807, 2.05) is 18.8 Å². The summed E-state index contributed by atoms with van der Waals surface area (Å²) in [6.45, 7) is 1.74. The Morgan fingerprint density at radius 3 is 2.83 bits per heavy atom. The Labute approximate surface area is 77.7 Å². The van der Waals surface area contributed by atoms with E-state index in [9.17, 15) is 4.79 Å². The Kier molecular flexibility index (Phi) is 3.40. The fourth-order valence-corrected chi connectivity index (χ4v) is 2.60. The summed E-state index contributed by atoms with van der Waals surface area (Å²) in [4.78, 5) is 13.2. The molecular formula is C8H16N2OS. The average Bonchev–Trinajstić information content (AvgIpc) is 2.53. The number of carbonyl (C=O) groups excluding carboxylic acids is 1. The molecule has 0 aromatic carbocycles. The van der Waals surface area contributed by atoms with Crippen molar-refractivity contribution in [2.75, 3.05) is 18.6 Å². The molecule has 12 heavy (non-hydrogen) atoms. The second-order valence-corrected chi connectivity index (χ2v) is 4.41. The topological polar surface area (TPSA) is 46.3 Å². The third-order valence-corrected chi connectivity index (χ3v) is 3.34. The van der Waals surface area contributed by atoms with Crippen LogP contribution in [0.25, 0.3) is 0 Å². The van der Waals surface area contributed by atoms with Crippen LogP contribution in [0.2, 0.25) is 0 Å². The average molecular weight is 188 g/mol. The molecule has 1 fully saturated rings. The molecule has 0 aromatic heterocycles. The molecule has 2 atom stereocenters. The molecular weight excluding hydrogens is 172 g/mol. The highest BCUT2D eigenvalue weighted by Crippen LogP contribution is 2.21. The molecule has 0 spiro atoms. The van der Waals surface area contributed by atoms with Crippen LogP contribution in [-0.2, 0) is 4.79 Å². The van der Waals surface area contributed by atoms with E-state index in [-0.39, 0.29) is 11.9 Å². The van der Waals surface area contributed by atoms with Gasteiger partial charge in [-0.3, -0.25) is 4.79 Å². The van der Waals surface area contributed by atoms with Crippen molar-refractivity contribution in [2.45, 2.75) is 25.4 Å². The van der Waals surface area contributed by atoms with Crippen LogP contribution in [0.1, 0.15) is 13.3 Å². The fourth-order valence-electron chi connectivity index (χ4n) is 1.33. The molecule has 1 aliphatic rings. The van der Waals surface area contributed by atoms with Gasteiger partial charge in [0.25, 0.3) is 0 Å². The van der Waals surface area contributed by atoms with Crippen LogP contribution in [0, 0.1) is 0 Å². The normalized spacial score (nSPS) is 25.4. The molecule has 70 valence electrons. The molecule has 0 aromatic rings. The summed E-state index contributed by atoms with van der Waals surface area (Å²) < 4.78 is 0. The molecule has 0 radical (unpaired) electrons. The number of rotatable bonds is 2. The van der Waals surface area contributed by atoms with Crippen molar-refractivity contribution in [2.24, 2.45) is 5.73 Å². The van der Waals surface area contributed by atoms with Crippen molar-refractivity contribution >= 4 is 17.7 Å². The minimum atomic E-state index is -0.361. The molecule has 1 aliphatic heterocycles. The summed E-state index contributed by atoms with van der Waals surface area (Å²) in [6.07, 6.45) is 1.11. The lowest BCUT2D eigenvalue weighted by Gasteiger charge is -2.25. The Bertz CT molecular complexity index is 166. The van der Waals surface area contributed by atoms with Gasteiger partial charge >= 0.3 is 0 Å². The maximum Gasteiger partial charge on any atom is 0.239 e. The lowest BCUT2D eigenvalue weighted by atomic mass is 10.2. The van der Waals surface area contributed by atoms with Crippen molar-refractivity contribution < 1.29 is 4.79 Å². The number of hydrogen-bond donors (Lipinski definition) is 1. The van der Waals surface area contributed by atoms with Crippen LogP contribution in [0.15, 0.2) is 0 Å². The van der Waals surface area contributed by atoms with Gasteiger partial charge in [-0.1, -0.05) is 0 Å². The standard InChI is InChI=1S/C8H16N2OS/c1-6(9)8(11)10(2)7-3-4-12-5-7/h6-7H,3-5,9H2,1-2H3/t6-,7+/m0/s1. The summed E-state index contributed by atoms with van der Waals surface area (Å²) in [6, 6.07) is 0.0501. The molecule has 0 unspecified atom stereocenters. The van der Waals surface area contributed by atoms with Gasteiger partial charge in [-0.25, -0.2) is 0 Å². The molecule has 1 amide bonds. The van der Waals surface area contributed by atoms with Gasteiger partial charge in [0.1, 0.15) is 0 Å². The fraction of sp³-hybridized carbons (Fsp3) is 0.875. The lowest BCUT2D eigenvalue weighted by Crippen LogP contribution is -2.45. The lowest BCUT2D eigenvalue weighted by molar-refractivity contribution is -0.132. The second kappa shape index (κ2) is 4.14. The summed E-state index contributed by atoms with van der Waals surface area (Å²) in [5, 5.41) is 0. The number of hydrogen-bond acceptors (Lipinski definition) is 3. The summed E-state index contributed by atoms with van der Waals surface area (Å²) >= 11 is 1.90. The van der Waals surface area contributed by atoms with E-state index in [0.29, 0.717) is 6.04 Å². The van der Waals surface area contributed by atoms with E-state index in [1.54, 1.807) is 11.8 Å². The molecule has 0 saturated carbocycles. The molecule has 3 nitrogen and oxygen atoms in total. The van der Waals surface area contributed by atoms with E-state index in [1.165, 1.54) is 5.75 Å². The van der Waals surface area contributed by atoms with Crippen LogP contribution in [0.4, 0.5) is 0 Å². The molecule has 2 N–H and O–H groups in total. The van der Waals surface area contributed by atoms with Gasteiger partial charge < -0.3 is 10.6 Å². The maximum atomic E-state index is 11.4. The minimum Gasteiger partial charge on any atom is -0.341 e. The zero-order chi connectivity index (χ0) is 9.14. The van der Waals surface area contributed by atoms with Crippen LogP contribution in [-0.4, -0.2) is 41.4 Å². The van der Waals surface area contributed by atoms with Gasteiger partial charge in [-0.2, -0.15) is 11.8 Å². The molecule has 1 saturated heterocycles. The van der Waals surface area contributed by atoms with Crippen LogP contribution < -0.4 is 5.73 Å². The third-order valence-electron chi connectivity index (χ3n) is 2.19. The van der Waals surface area contributed by atoms with Gasteiger partial charge in [0, 0.05) is 18.8 Å². The van der Waals surface area contributed by atoms with Gasteiger partial charge in [-0.05, 0) is 19.1 Å². The highest BCUT2D eigenvalue weighted by atomic mass is 32.2. The first-order valence-electron chi connectivity index (χ1n) is 4.23. The van der Waals surface area contributed by atoms with Crippen molar-refractivity contribution in [3.8, 4) is 0 Å². The van der Waals surface area contributed by atoms with E-state index in [0.717, 1.165) is 12.2 Å². The van der Waals surface area contributed by atoms with Gasteiger partial charge in [0.2, 0.25) is 5.91 Å². The summed E-state index contributed by atoms with van der Waals surface area (Å²) in [5.41, 5.74) is 5.51. The van der Waals surface area contributed by atoms with E-state index in [2.05, 4.69) is 0 Å². The smallest absolute Gasteiger partial charge is 0.239 e. The summed E-state index contributed by atoms with van der Waals surface area (Å²) in [5.74, 6) is 2.29. The van der Waals surface area contributed by atoms with Crippen molar-refractivity contribution in [3.63, 3.8) is 0 Å². The molecule has 0 bridgehead atoms. The van der Waals surface area contributed by atoms with Crippen LogP contribution in [0.3, 0.4) is 0 Å². The SMILES string of the molecule is C[C@H](N)C(=O)N(C)[C@@H]1CCSC1. The highest BCUT2D eigenvalue weighted by Gasteiger charge is 2.25. The van der Waals surface area contributed by atoms with Crippen LogP contribution >= 0.6 is 11.8 Å². The maximum absolute atomic E-state index is 11.4. The molecule has 1 rings (SSSR count). The number of likely N-dealkylation sites (N-methyl/N-ethyl adjacent to an activating group) is 1. The number of amides is 1.